The van der Waals surface area contributed by atoms with Crippen LogP contribution >= 0.6 is 22.9 Å². The first-order chi connectivity index (χ1) is 20.7. The molecule has 1 fully saturated rings. The van der Waals surface area contributed by atoms with Crippen LogP contribution < -0.4 is 15.2 Å². The summed E-state index contributed by atoms with van der Waals surface area (Å²) in [5, 5.41) is 32.0. The number of fused-ring (bicyclic) bond motifs is 2. The fourth-order valence-electron chi connectivity index (χ4n) is 5.58. The summed E-state index contributed by atoms with van der Waals surface area (Å²) in [6.45, 7) is 4.81. The Hall–Kier alpha value is -4.50. The van der Waals surface area contributed by atoms with E-state index in [-0.39, 0.29) is 35.2 Å². The van der Waals surface area contributed by atoms with Crippen LogP contribution in [0.1, 0.15) is 33.9 Å². The number of rotatable bonds is 7. The summed E-state index contributed by atoms with van der Waals surface area (Å²) in [5.74, 6) is -0.0575. The fraction of sp³-hybridized carbons (Fsp3) is 0.258. The van der Waals surface area contributed by atoms with E-state index >= 15 is 0 Å². The molecule has 4 heterocycles. The number of hydrogen-bond acceptors (Lipinski definition) is 9. The molecule has 6 rings (SSSR count). The minimum atomic E-state index is -1.05. The Morgan fingerprint density at radius 1 is 1.21 bits per heavy atom. The quantitative estimate of drug-likeness (QED) is 0.254. The monoisotopic (exact) mass is 615 g/mol. The SMILES string of the molecule is Cc1cc(-c2cc(Cl)ccc2OCCn2c(C)nc3ccc(N4CCC(O)C4)c(C#N)c3c2=O)c2scc(C(=O)O)c2n1. The number of β-amino-alcohol motifs (C(OH)–C–C–N with tert-alkyl or cyclic N) is 1. The lowest BCUT2D eigenvalue weighted by molar-refractivity contribution is 0.0699. The molecule has 0 aliphatic carbocycles. The summed E-state index contributed by atoms with van der Waals surface area (Å²) < 4.78 is 8.40. The normalized spacial score (nSPS) is 14.9. The number of ether oxygens (including phenoxy) is 1. The van der Waals surface area contributed by atoms with Gasteiger partial charge in [0, 0.05) is 40.3 Å². The number of carboxylic acid groups (broad SMARTS) is 1. The molecule has 2 aromatic carbocycles. The molecule has 1 aliphatic heterocycles. The van der Waals surface area contributed by atoms with E-state index in [0.717, 1.165) is 5.56 Å². The van der Waals surface area contributed by atoms with Gasteiger partial charge in [-0.2, -0.15) is 5.26 Å². The average Bonchev–Trinajstić information content (AvgIpc) is 3.60. The van der Waals surface area contributed by atoms with Crippen LogP contribution in [-0.2, 0) is 6.54 Å². The number of aliphatic hydroxyl groups is 1. The molecule has 0 bridgehead atoms. The van der Waals surface area contributed by atoms with Crippen LogP contribution in [0.3, 0.4) is 0 Å². The third-order valence-electron chi connectivity index (χ3n) is 7.59. The Kier molecular flexibility index (Phi) is 7.52. The van der Waals surface area contributed by atoms with Gasteiger partial charge in [-0.25, -0.2) is 9.78 Å². The van der Waals surface area contributed by atoms with Gasteiger partial charge in [-0.05, 0) is 56.7 Å². The van der Waals surface area contributed by atoms with Crippen molar-refractivity contribution in [3.8, 4) is 22.9 Å². The van der Waals surface area contributed by atoms with Crippen LogP contribution in [0.4, 0.5) is 5.69 Å². The number of nitriles is 1. The third-order valence-corrected chi connectivity index (χ3v) is 8.83. The van der Waals surface area contributed by atoms with Crippen LogP contribution in [0.25, 0.3) is 32.2 Å². The van der Waals surface area contributed by atoms with Crippen LogP contribution in [-0.4, -0.2) is 56.5 Å². The summed E-state index contributed by atoms with van der Waals surface area (Å²) in [6, 6.07) is 12.8. The van der Waals surface area contributed by atoms with Gasteiger partial charge in [-0.1, -0.05) is 11.6 Å². The molecule has 3 aromatic heterocycles. The summed E-state index contributed by atoms with van der Waals surface area (Å²) >= 11 is 7.66. The molecule has 1 atom stereocenters. The van der Waals surface area contributed by atoms with Crippen molar-refractivity contribution in [1.82, 2.24) is 14.5 Å². The molecule has 1 saturated heterocycles. The number of aromatic carboxylic acids is 1. The Morgan fingerprint density at radius 3 is 2.74 bits per heavy atom. The summed E-state index contributed by atoms with van der Waals surface area (Å²) in [7, 11) is 0. The second-order valence-electron chi connectivity index (χ2n) is 10.4. The standard InChI is InChI=1S/C31H26ClN5O5S/c1-16-11-21(29-28(34-16)23(15-43-29)31(40)41)20-12-18(32)3-6-26(20)42-10-9-37-17(2)35-24-4-5-25(36-8-7-19(38)14-36)22(13-33)27(24)30(37)39/h3-6,11-12,15,19,38H,7-10,14H2,1-2H3,(H,40,41). The molecule has 1 aliphatic rings. The van der Waals surface area contributed by atoms with E-state index in [1.165, 1.54) is 15.9 Å². The topological polar surface area (TPSA) is 142 Å². The van der Waals surface area contributed by atoms with Crippen molar-refractivity contribution in [2.24, 2.45) is 0 Å². The molecular formula is C31H26ClN5O5S. The predicted molar refractivity (Wildman–Crippen MR) is 166 cm³/mol. The number of hydrogen-bond donors (Lipinski definition) is 2. The number of aryl methyl sites for hydroxylation is 2. The van der Waals surface area contributed by atoms with Gasteiger partial charge >= 0.3 is 5.97 Å². The molecule has 0 spiro atoms. The number of pyridine rings is 1. The number of benzene rings is 2. The molecule has 2 N–H and O–H groups in total. The van der Waals surface area contributed by atoms with E-state index < -0.39 is 12.1 Å². The molecule has 0 saturated carbocycles. The molecule has 218 valence electrons. The van der Waals surface area contributed by atoms with Crippen LogP contribution in [0.2, 0.25) is 5.02 Å². The van der Waals surface area contributed by atoms with Crippen LogP contribution in [0, 0.1) is 25.2 Å². The summed E-state index contributed by atoms with van der Waals surface area (Å²) in [6.07, 6.45) is 0.123. The van der Waals surface area contributed by atoms with Crippen LogP contribution in [0.15, 0.2) is 46.6 Å². The Labute approximate surface area is 255 Å². The molecule has 5 aromatic rings. The van der Waals surface area contributed by atoms with Crippen LogP contribution in [0.5, 0.6) is 5.75 Å². The summed E-state index contributed by atoms with van der Waals surface area (Å²) in [5.41, 5.74) is 3.56. The zero-order valence-corrected chi connectivity index (χ0v) is 24.9. The van der Waals surface area contributed by atoms with Crippen molar-refractivity contribution in [1.29, 1.82) is 5.26 Å². The lowest BCUT2D eigenvalue weighted by Crippen LogP contribution is -2.28. The zero-order chi connectivity index (χ0) is 30.4. The number of aromatic nitrogens is 3. The minimum Gasteiger partial charge on any atom is -0.491 e. The van der Waals surface area contributed by atoms with E-state index in [1.54, 1.807) is 49.6 Å². The number of anilines is 1. The molecule has 1 unspecified atom stereocenters. The highest BCUT2D eigenvalue weighted by Gasteiger charge is 2.25. The van der Waals surface area contributed by atoms with Gasteiger partial charge in [0.25, 0.3) is 5.56 Å². The van der Waals surface area contributed by atoms with E-state index in [9.17, 15) is 25.1 Å². The molecule has 43 heavy (non-hydrogen) atoms. The first-order valence-corrected chi connectivity index (χ1v) is 14.8. The number of thiophene rings is 1. The van der Waals surface area contributed by atoms with Gasteiger partial charge in [0.1, 0.15) is 24.3 Å². The Morgan fingerprint density at radius 2 is 2.02 bits per heavy atom. The van der Waals surface area contributed by atoms with E-state index in [2.05, 4.69) is 16.0 Å². The van der Waals surface area contributed by atoms with E-state index in [0.29, 0.717) is 68.8 Å². The van der Waals surface area contributed by atoms with Gasteiger partial charge in [0.05, 0.1) is 50.6 Å². The molecular weight excluding hydrogens is 590 g/mol. The first kappa shape index (κ1) is 28.6. The van der Waals surface area contributed by atoms with Crippen molar-refractivity contribution >= 4 is 55.7 Å². The zero-order valence-electron chi connectivity index (χ0n) is 23.3. The highest BCUT2D eigenvalue weighted by atomic mass is 35.5. The average molecular weight is 616 g/mol. The fourth-order valence-corrected chi connectivity index (χ4v) is 6.77. The largest absolute Gasteiger partial charge is 0.491 e. The smallest absolute Gasteiger partial charge is 0.338 e. The summed E-state index contributed by atoms with van der Waals surface area (Å²) in [4.78, 5) is 36.5. The molecule has 10 nitrogen and oxygen atoms in total. The maximum atomic E-state index is 13.8. The molecule has 0 amide bonds. The van der Waals surface area contributed by atoms with E-state index in [4.69, 9.17) is 16.3 Å². The van der Waals surface area contributed by atoms with Gasteiger partial charge < -0.3 is 19.8 Å². The Balaban J connectivity index is 1.34. The highest BCUT2D eigenvalue weighted by Crippen LogP contribution is 2.40. The van der Waals surface area contributed by atoms with Crippen molar-refractivity contribution < 1.29 is 19.7 Å². The van der Waals surface area contributed by atoms with Gasteiger partial charge in [-0.15, -0.1) is 11.3 Å². The lowest BCUT2D eigenvalue weighted by atomic mass is 10.0. The van der Waals surface area contributed by atoms with Crippen molar-refractivity contribution in [2.75, 3.05) is 24.6 Å². The second-order valence-corrected chi connectivity index (χ2v) is 11.7. The van der Waals surface area contributed by atoms with E-state index in [1.807, 2.05) is 11.0 Å². The first-order valence-electron chi connectivity index (χ1n) is 13.6. The Bertz CT molecular complexity index is 2030. The van der Waals surface area contributed by atoms with Crippen molar-refractivity contribution in [2.45, 2.75) is 32.9 Å². The number of carboxylic acids is 1. The molecule has 0 radical (unpaired) electrons. The predicted octanol–water partition coefficient (Wildman–Crippen LogP) is 5.16. The van der Waals surface area contributed by atoms with Gasteiger partial charge in [-0.3, -0.25) is 14.3 Å². The van der Waals surface area contributed by atoms with Gasteiger partial charge in [0.2, 0.25) is 0 Å². The third kappa shape index (κ3) is 5.18. The minimum absolute atomic E-state index is 0.112. The number of halogens is 1. The second kappa shape index (κ2) is 11.3. The number of nitrogens with zero attached hydrogens (tertiary/aromatic N) is 5. The van der Waals surface area contributed by atoms with Crippen molar-refractivity contribution in [3.63, 3.8) is 0 Å². The van der Waals surface area contributed by atoms with Gasteiger partial charge in [0.15, 0.2) is 0 Å². The number of carbonyl (C=O) groups is 1. The maximum Gasteiger partial charge on any atom is 0.338 e. The molecule has 12 heteroatoms. The lowest BCUT2D eigenvalue weighted by Gasteiger charge is -2.20. The maximum absolute atomic E-state index is 13.8. The highest BCUT2D eigenvalue weighted by molar-refractivity contribution is 7.18. The number of aliphatic hydroxyl groups excluding tert-OH is 1. The van der Waals surface area contributed by atoms with Crippen molar-refractivity contribution in [3.05, 3.63) is 79.8 Å².